The number of rotatable bonds is 7. The summed E-state index contributed by atoms with van der Waals surface area (Å²) in [5, 5.41) is 13.0. The van der Waals surface area contributed by atoms with Crippen LogP contribution in [0.4, 0.5) is 0 Å². The van der Waals surface area contributed by atoms with Gasteiger partial charge in [0.25, 0.3) is 0 Å². The Hall–Kier alpha value is -1.26. The number of hydrogen-bond acceptors (Lipinski definition) is 4. The van der Waals surface area contributed by atoms with Crippen LogP contribution < -0.4 is 14.8 Å². The second-order valence-electron chi connectivity index (χ2n) is 5.17. The molecule has 0 amide bonds. The normalized spacial score (nSPS) is 13.2. The van der Waals surface area contributed by atoms with Gasteiger partial charge in [-0.2, -0.15) is 0 Å². The lowest BCUT2D eigenvalue weighted by molar-refractivity contribution is 0.0956. The fraction of sp³-hybridized carbons (Fsp3) is 0.600. The van der Waals surface area contributed by atoms with Gasteiger partial charge in [-0.25, -0.2) is 0 Å². The third-order valence-electron chi connectivity index (χ3n) is 3.32. The van der Waals surface area contributed by atoms with Crippen molar-refractivity contribution in [3.05, 3.63) is 23.8 Å². The summed E-state index contributed by atoms with van der Waals surface area (Å²) < 4.78 is 10.8. The van der Waals surface area contributed by atoms with Crippen molar-refractivity contribution >= 4 is 0 Å². The van der Waals surface area contributed by atoms with Crippen LogP contribution in [0.25, 0.3) is 0 Å². The van der Waals surface area contributed by atoms with Crippen LogP contribution >= 0.6 is 0 Å². The highest BCUT2D eigenvalue weighted by Gasteiger charge is 2.23. The second-order valence-corrected chi connectivity index (χ2v) is 5.17. The first-order valence-electron chi connectivity index (χ1n) is 6.63. The molecule has 1 aromatic rings. The molecule has 4 heteroatoms. The van der Waals surface area contributed by atoms with E-state index in [2.05, 4.69) is 5.32 Å². The Morgan fingerprint density at radius 3 is 2.53 bits per heavy atom. The van der Waals surface area contributed by atoms with E-state index in [1.807, 2.05) is 39.0 Å². The molecule has 0 saturated carbocycles. The molecule has 108 valence electrons. The Morgan fingerprint density at radius 1 is 1.32 bits per heavy atom. The van der Waals surface area contributed by atoms with Gasteiger partial charge in [0.1, 0.15) is 0 Å². The maximum absolute atomic E-state index is 9.67. The number of hydrogen-bond donors (Lipinski definition) is 2. The Morgan fingerprint density at radius 2 is 2.00 bits per heavy atom. The number of aliphatic hydroxyl groups excluding tert-OH is 1. The molecular formula is C15H25NO3. The molecule has 0 aliphatic rings. The van der Waals surface area contributed by atoms with Crippen LogP contribution in [0.2, 0.25) is 0 Å². The number of methoxy groups -OCH3 is 1. The first-order valence-corrected chi connectivity index (χ1v) is 6.63. The molecule has 19 heavy (non-hydrogen) atoms. The summed E-state index contributed by atoms with van der Waals surface area (Å²) in [5.41, 5.74) is 0.768. The molecule has 0 radical (unpaired) electrons. The molecular weight excluding hydrogens is 242 g/mol. The van der Waals surface area contributed by atoms with E-state index in [9.17, 15) is 5.11 Å². The third kappa shape index (κ3) is 4.40. The fourth-order valence-corrected chi connectivity index (χ4v) is 1.58. The summed E-state index contributed by atoms with van der Waals surface area (Å²) in [6.07, 6.45) is -0.419. The largest absolute Gasteiger partial charge is 0.493 e. The molecule has 1 aromatic carbocycles. The average molecular weight is 267 g/mol. The zero-order valence-corrected chi connectivity index (χ0v) is 12.5. The predicted molar refractivity (Wildman–Crippen MR) is 76.8 cm³/mol. The molecule has 1 atom stereocenters. The number of benzene rings is 1. The van der Waals surface area contributed by atoms with Crippen molar-refractivity contribution in [2.24, 2.45) is 0 Å². The zero-order valence-electron chi connectivity index (χ0n) is 12.5. The quantitative estimate of drug-likeness (QED) is 0.796. The Bertz CT molecular complexity index is 402. The van der Waals surface area contributed by atoms with E-state index >= 15 is 0 Å². The summed E-state index contributed by atoms with van der Waals surface area (Å²) in [4.78, 5) is 0. The minimum absolute atomic E-state index is 0.328. The SMILES string of the molecule is CCOc1cc(CNC(C)(C)C(C)O)ccc1OC. The average Bonchev–Trinajstić information content (AvgIpc) is 2.37. The van der Waals surface area contributed by atoms with Gasteiger partial charge in [0.05, 0.1) is 19.8 Å². The minimum atomic E-state index is -0.419. The van der Waals surface area contributed by atoms with Crippen molar-refractivity contribution < 1.29 is 14.6 Å². The monoisotopic (exact) mass is 267 g/mol. The van der Waals surface area contributed by atoms with Crippen LogP contribution in [-0.2, 0) is 6.54 Å². The van der Waals surface area contributed by atoms with Gasteiger partial charge < -0.3 is 19.9 Å². The number of nitrogens with one attached hydrogen (secondary N) is 1. The van der Waals surface area contributed by atoms with E-state index in [-0.39, 0.29) is 5.54 Å². The van der Waals surface area contributed by atoms with Crippen LogP contribution in [0.1, 0.15) is 33.3 Å². The van der Waals surface area contributed by atoms with Crippen LogP contribution in [0.5, 0.6) is 11.5 Å². The predicted octanol–water partition coefficient (Wildman–Crippen LogP) is 2.34. The van der Waals surface area contributed by atoms with Gasteiger partial charge in [-0.1, -0.05) is 6.07 Å². The molecule has 1 rings (SSSR count). The molecule has 0 saturated heterocycles. The van der Waals surface area contributed by atoms with Crippen LogP contribution in [0, 0.1) is 0 Å². The Labute approximate surface area is 115 Å². The van der Waals surface area contributed by atoms with Crippen LogP contribution in [0.15, 0.2) is 18.2 Å². The van der Waals surface area contributed by atoms with Crippen molar-refractivity contribution in [1.82, 2.24) is 5.32 Å². The Balaban J connectivity index is 2.77. The molecule has 0 spiro atoms. The smallest absolute Gasteiger partial charge is 0.161 e. The summed E-state index contributed by atoms with van der Waals surface area (Å²) in [6, 6.07) is 5.86. The highest BCUT2D eigenvalue weighted by molar-refractivity contribution is 5.43. The maximum atomic E-state index is 9.67. The fourth-order valence-electron chi connectivity index (χ4n) is 1.58. The zero-order chi connectivity index (χ0) is 14.5. The molecule has 0 bridgehead atoms. The van der Waals surface area contributed by atoms with E-state index < -0.39 is 6.10 Å². The lowest BCUT2D eigenvalue weighted by Crippen LogP contribution is -2.47. The van der Waals surface area contributed by atoms with Crippen molar-refractivity contribution in [3.8, 4) is 11.5 Å². The van der Waals surface area contributed by atoms with Gasteiger partial charge in [0.2, 0.25) is 0 Å². The van der Waals surface area contributed by atoms with Gasteiger partial charge in [0.15, 0.2) is 11.5 Å². The van der Waals surface area contributed by atoms with Crippen molar-refractivity contribution in [2.45, 2.75) is 45.9 Å². The highest BCUT2D eigenvalue weighted by Crippen LogP contribution is 2.28. The van der Waals surface area contributed by atoms with E-state index in [1.165, 1.54) is 0 Å². The third-order valence-corrected chi connectivity index (χ3v) is 3.32. The molecule has 0 aliphatic carbocycles. The summed E-state index contributed by atoms with van der Waals surface area (Å²) in [6.45, 7) is 8.96. The first kappa shape index (κ1) is 15.8. The summed E-state index contributed by atoms with van der Waals surface area (Å²) in [5.74, 6) is 1.49. The van der Waals surface area contributed by atoms with Gasteiger partial charge in [-0.3, -0.25) is 0 Å². The summed E-state index contributed by atoms with van der Waals surface area (Å²) >= 11 is 0. The van der Waals surface area contributed by atoms with E-state index in [1.54, 1.807) is 14.0 Å². The summed E-state index contributed by atoms with van der Waals surface area (Å²) in [7, 11) is 1.63. The van der Waals surface area contributed by atoms with Crippen molar-refractivity contribution in [3.63, 3.8) is 0 Å². The van der Waals surface area contributed by atoms with E-state index in [0.717, 1.165) is 17.1 Å². The van der Waals surface area contributed by atoms with E-state index in [0.29, 0.717) is 13.2 Å². The molecule has 0 aliphatic heterocycles. The molecule has 0 fully saturated rings. The lowest BCUT2D eigenvalue weighted by atomic mass is 9.98. The molecule has 1 unspecified atom stereocenters. The molecule has 2 N–H and O–H groups in total. The van der Waals surface area contributed by atoms with E-state index in [4.69, 9.17) is 9.47 Å². The van der Waals surface area contributed by atoms with Gasteiger partial charge in [0, 0.05) is 12.1 Å². The first-order chi connectivity index (χ1) is 8.90. The number of ether oxygens (including phenoxy) is 2. The highest BCUT2D eigenvalue weighted by atomic mass is 16.5. The van der Waals surface area contributed by atoms with Crippen LogP contribution in [0.3, 0.4) is 0 Å². The molecule has 4 nitrogen and oxygen atoms in total. The number of aliphatic hydroxyl groups is 1. The standard InChI is InChI=1S/C15H25NO3/c1-6-19-14-9-12(7-8-13(14)18-5)10-16-15(3,4)11(2)17/h7-9,11,16-17H,6,10H2,1-5H3. The Kier molecular flexibility index (Phi) is 5.63. The minimum Gasteiger partial charge on any atom is -0.493 e. The van der Waals surface area contributed by atoms with Gasteiger partial charge >= 0.3 is 0 Å². The van der Waals surface area contributed by atoms with Gasteiger partial charge in [-0.15, -0.1) is 0 Å². The molecule has 0 aromatic heterocycles. The van der Waals surface area contributed by atoms with Crippen LogP contribution in [-0.4, -0.2) is 30.5 Å². The maximum Gasteiger partial charge on any atom is 0.161 e. The second kappa shape index (κ2) is 6.78. The molecule has 0 heterocycles. The lowest BCUT2D eigenvalue weighted by Gasteiger charge is -2.29. The van der Waals surface area contributed by atoms with Crippen molar-refractivity contribution in [2.75, 3.05) is 13.7 Å². The van der Waals surface area contributed by atoms with Crippen molar-refractivity contribution in [1.29, 1.82) is 0 Å². The van der Waals surface area contributed by atoms with Gasteiger partial charge in [-0.05, 0) is 45.4 Å². The topological polar surface area (TPSA) is 50.7 Å².